The number of hydrogen-bond acceptors (Lipinski definition) is 3. The fourth-order valence-corrected chi connectivity index (χ4v) is 2.43. The molecule has 2 rings (SSSR count). The van der Waals surface area contributed by atoms with Gasteiger partial charge in [-0.1, -0.05) is 15.9 Å². The Hall–Kier alpha value is -1.10. The molecule has 1 heterocycles. The van der Waals surface area contributed by atoms with Gasteiger partial charge in [0.05, 0.1) is 6.04 Å². The van der Waals surface area contributed by atoms with Crippen LogP contribution in [-0.4, -0.2) is 24.1 Å². The molecule has 4 nitrogen and oxygen atoms in total. The van der Waals surface area contributed by atoms with Crippen LogP contribution in [0.25, 0.3) is 0 Å². The molecule has 1 unspecified atom stereocenters. The van der Waals surface area contributed by atoms with Gasteiger partial charge in [0.15, 0.2) is 0 Å². The summed E-state index contributed by atoms with van der Waals surface area (Å²) >= 11 is 3.38. The minimum absolute atomic E-state index is 0.0378. The van der Waals surface area contributed by atoms with E-state index in [1.165, 1.54) is 0 Å². The molecule has 0 N–H and O–H groups in total. The third-order valence-corrected chi connectivity index (χ3v) is 3.42. The lowest BCUT2D eigenvalue weighted by Gasteiger charge is -2.23. The monoisotopic (exact) mass is 284 g/mol. The highest BCUT2D eigenvalue weighted by molar-refractivity contribution is 9.10. The van der Waals surface area contributed by atoms with Crippen LogP contribution in [0.2, 0.25) is 0 Å². The van der Waals surface area contributed by atoms with Crippen LogP contribution in [0, 0.1) is 10.1 Å². The van der Waals surface area contributed by atoms with Gasteiger partial charge < -0.3 is 4.90 Å². The summed E-state index contributed by atoms with van der Waals surface area (Å²) in [5.41, 5.74) is 1.08. The fourth-order valence-electron chi connectivity index (χ4n) is 2.17. The van der Waals surface area contributed by atoms with E-state index in [0.29, 0.717) is 0 Å². The summed E-state index contributed by atoms with van der Waals surface area (Å²) in [6, 6.07) is 7.99. The Labute approximate surface area is 103 Å². The van der Waals surface area contributed by atoms with Crippen molar-refractivity contribution < 1.29 is 4.92 Å². The quantitative estimate of drug-likeness (QED) is 0.633. The molecule has 0 aromatic heterocycles. The molecule has 0 aliphatic carbocycles. The van der Waals surface area contributed by atoms with Crippen molar-refractivity contribution in [3.05, 3.63) is 38.9 Å². The SMILES string of the molecule is O=[N+]([O-])CC1CCCN1c1ccc(Br)cc1. The Kier molecular flexibility index (Phi) is 3.43. The normalized spacial score (nSPS) is 20.1. The van der Waals surface area contributed by atoms with E-state index in [4.69, 9.17) is 0 Å². The summed E-state index contributed by atoms with van der Waals surface area (Å²) in [6.07, 6.45) is 1.95. The number of benzene rings is 1. The van der Waals surface area contributed by atoms with Crippen LogP contribution < -0.4 is 4.90 Å². The molecule has 0 spiro atoms. The highest BCUT2D eigenvalue weighted by atomic mass is 79.9. The van der Waals surface area contributed by atoms with Gasteiger partial charge in [-0.15, -0.1) is 0 Å². The Morgan fingerprint density at radius 1 is 1.44 bits per heavy atom. The average molecular weight is 285 g/mol. The second kappa shape index (κ2) is 4.82. The smallest absolute Gasteiger partial charge is 0.223 e. The maximum absolute atomic E-state index is 10.6. The molecular weight excluding hydrogens is 272 g/mol. The standard InChI is InChI=1S/C11H13BrN2O2/c12-9-3-5-10(6-4-9)13-7-1-2-11(13)8-14(15)16/h3-6,11H,1-2,7-8H2. The number of rotatable bonds is 3. The first-order valence-corrected chi connectivity index (χ1v) is 6.10. The minimum atomic E-state index is -0.220. The first-order valence-electron chi connectivity index (χ1n) is 5.31. The second-order valence-electron chi connectivity index (χ2n) is 3.98. The van der Waals surface area contributed by atoms with Gasteiger partial charge in [0, 0.05) is 21.6 Å². The molecule has 0 radical (unpaired) electrons. The maximum atomic E-state index is 10.6. The zero-order chi connectivity index (χ0) is 11.5. The Morgan fingerprint density at radius 3 is 2.75 bits per heavy atom. The fraction of sp³-hybridized carbons (Fsp3) is 0.455. The Balaban J connectivity index is 2.13. The molecule has 1 aliphatic heterocycles. The van der Waals surface area contributed by atoms with Crippen molar-refractivity contribution in [1.82, 2.24) is 0 Å². The maximum Gasteiger partial charge on any atom is 0.223 e. The molecule has 1 aliphatic rings. The van der Waals surface area contributed by atoms with Gasteiger partial charge in [-0.2, -0.15) is 0 Å². The molecule has 1 aromatic rings. The second-order valence-corrected chi connectivity index (χ2v) is 4.90. The molecule has 86 valence electrons. The zero-order valence-electron chi connectivity index (χ0n) is 8.80. The first kappa shape index (κ1) is 11.4. The predicted molar refractivity (Wildman–Crippen MR) is 66.4 cm³/mol. The van der Waals surface area contributed by atoms with Crippen molar-refractivity contribution in [2.75, 3.05) is 18.0 Å². The number of anilines is 1. The zero-order valence-corrected chi connectivity index (χ0v) is 10.4. The molecule has 0 amide bonds. The van der Waals surface area contributed by atoms with E-state index in [-0.39, 0.29) is 17.5 Å². The average Bonchev–Trinajstić information content (AvgIpc) is 2.66. The lowest BCUT2D eigenvalue weighted by Crippen LogP contribution is -2.34. The Bertz CT molecular complexity index is 380. The highest BCUT2D eigenvalue weighted by Crippen LogP contribution is 2.26. The summed E-state index contributed by atoms with van der Waals surface area (Å²) < 4.78 is 1.03. The number of nitrogens with zero attached hydrogens (tertiary/aromatic N) is 2. The van der Waals surface area contributed by atoms with Gasteiger partial charge >= 0.3 is 0 Å². The van der Waals surface area contributed by atoms with Crippen molar-refractivity contribution in [1.29, 1.82) is 0 Å². The van der Waals surface area contributed by atoms with Gasteiger partial charge in [-0.05, 0) is 37.1 Å². The van der Waals surface area contributed by atoms with Gasteiger partial charge in [0.25, 0.3) is 0 Å². The van der Waals surface area contributed by atoms with Crippen molar-refractivity contribution >= 4 is 21.6 Å². The molecule has 1 saturated heterocycles. The third-order valence-electron chi connectivity index (χ3n) is 2.90. The predicted octanol–water partition coefficient (Wildman–Crippen LogP) is 2.69. The van der Waals surface area contributed by atoms with Gasteiger partial charge in [0.1, 0.15) is 0 Å². The number of halogens is 1. The van der Waals surface area contributed by atoms with Crippen LogP contribution in [-0.2, 0) is 0 Å². The van der Waals surface area contributed by atoms with Crippen LogP contribution in [0.1, 0.15) is 12.8 Å². The van der Waals surface area contributed by atoms with E-state index < -0.39 is 0 Å². The van der Waals surface area contributed by atoms with Crippen LogP contribution in [0.3, 0.4) is 0 Å². The van der Waals surface area contributed by atoms with Crippen molar-refractivity contribution in [3.8, 4) is 0 Å². The summed E-state index contributed by atoms with van der Waals surface area (Å²) in [6.45, 7) is 0.955. The summed E-state index contributed by atoms with van der Waals surface area (Å²) in [5, 5.41) is 10.6. The number of nitro groups is 1. The topological polar surface area (TPSA) is 46.4 Å². The van der Waals surface area contributed by atoms with Crippen LogP contribution in [0.15, 0.2) is 28.7 Å². The minimum Gasteiger partial charge on any atom is -0.362 e. The van der Waals surface area contributed by atoms with E-state index in [9.17, 15) is 10.1 Å². The van der Waals surface area contributed by atoms with Gasteiger partial charge in [-0.3, -0.25) is 10.1 Å². The molecule has 0 bridgehead atoms. The van der Waals surface area contributed by atoms with E-state index in [2.05, 4.69) is 20.8 Å². The molecule has 1 atom stereocenters. The molecular formula is C11H13BrN2O2. The van der Waals surface area contributed by atoms with Crippen LogP contribution >= 0.6 is 15.9 Å². The lowest BCUT2D eigenvalue weighted by atomic mass is 10.2. The number of hydrogen-bond donors (Lipinski definition) is 0. The molecule has 1 fully saturated rings. The van der Waals surface area contributed by atoms with Crippen molar-refractivity contribution in [2.45, 2.75) is 18.9 Å². The van der Waals surface area contributed by atoms with Crippen molar-refractivity contribution in [3.63, 3.8) is 0 Å². The Morgan fingerprint density at radius 2 is 2.12 bits per heavy atom. The van der Waals surface area contributed by atoms with Crippen molar-refractivity contribution in [2.24, 2.45) is 0 Å². The summed E-state index contributed by atoms with van der Waals surface area (Å²) in [4.78, 5) is 12.5. The van der Waals surface area contributed by atoms with E-state index >= 15 is 0 Å². The van der Waals surface area contributed by atoms with Crippen LogP contribution in [0.5, 0.6) is 0 Å². The largest absolute Gasteiger partial charge is 0.362 e. The van der Waals surface area contributed by atoms with E-state index in [0.717, 1.165) is 29.5 Å². The third kappa shape index (κ3) is 2.52. The van der Waals surface area contributed by atoms with Crippen LogP contribution in [0.4, 0.5) is 5.69 Å². The van der Waals surface area contributed by atoms with E-state index in [1.54, 1.807) is 0 Å². The molecule has 1 aromatic carbocycles. The van der Waals surface area contributed by atoms with E-state index in [1.807, 2.05) is 24.3 Å². The molecule has 0 saturated carbocycles. The lowest BCUT2D eigenvalue weighted by molar-refractivity contribution is -0.482. The summed E-state index contributed by atoms with van der Waals surface area (Å²) in [7, 11) is 0. The molecule has 16 heavy (non-hydrogen) atoms. The highest BCUT2D eigenvalue weighted by Gasteiger charge is 2.28. The van der Waals surface area contributed by atoms with Gasteiger partial charge in [0.2, 0.25) is 6.54 Å². The van der Waals surface area contributed by atoms with Gasteiger partial charge in [-0.25, -0.2) is 0 Å². The first-order chi connectivity index (χ1) is 7.66. The molecule has 5 heteroatoms. The summed E-state index contributed by atoms with van der Waals surface area (Å²) in [5.74, 6) is 0.